The van der Waals surface area contributed by atoms with E-state index in [1.807, 2.05) is 36.4 Å². The van der Waals surface area contributed by atoms with E-state index in [0.717, 1.165) is 11.3 Å². The molecule has 0 amide bonds. The lowest BCUT2D eigenvalue weighted by Crippen LogP contribution is -1.98. The number of nitrogens with zero attached hydrogens (tertiary/aromatic N) is 1. The SMILES string of the molecule is NCc1cccc(/C=N/c2ccccc2)c1O. The number of para-hydroxylation sites is 2. The predicted molar refractivity (Wildman–Crippen MR) is 69.7 cm³/mol. The lowest BCUT2D eigenvalue weighted by molar-refractivity contribution is 0.467. The molecule has 0 bridgehead atoms. The summed E-state index contributed by atoms with van der Waals surface area (Å²) in [6.07, 6.45) is 1.64. The molecule has 3 nitrogen and oxygen atoms in total. The minimum atomic E-state index is 0.203. The van der Waals surface area contributed by atoms with Gasteiger partial charge in [0.15, 0.2) is 0 Å². The Balaban J connectivity index is 2.28. The number of rotatable bonds is 3. The van der Waals surface area contributed by atoms with Crippen molar-refractivity contribution in [3.05, 3.63) is 59.7 Å². The third-order valence-electron chi connectivity index (χ3n) is 2.48. The second-order valence-corrected chi connectivity index (χ2v) is 3.65. The maximum atomic E-state index is 9.90. The molecule has 86 valence electrons. The summed E-state index contributed by atoms with van der Waals surface area (Å²) in [6.45, 7) is 0.318. The highest BCUT2D eigenvalue weighted by Gasteiger charge is 2.02. The molecule has 0 aromatic heterocycles. The average Bonchev–Trinajstić information content (AvgIpc) is 2.39. The minimum Gasteiger partial charge on any atom is -0.507 e. The van der Waals surface area contributed by atoms with E-state index in [2.05, 4.69) is 4.99 Å². The fourth-order valence-electron chi connectivity index (χ4n) is 1.54. The van der Waals surface area contributed by atoms with Gasteiger partial charge in [-0.1, -0.05) is 30.3 Å². The van der Waals surface area contributed by atoms with Gasteiger partial charge in [0.1, 0.15) is 5.75 Å². The van der Waals surface area contributed by atoms with Crippen molar-refractivity contribution in [2.75, 3.05) is 0 Å². The van der Waals surface area contributed by atoms with E-state index >= 15 is 0 Å². The molecule has 0 spiro atoms. The van der Waals surface area contributed by atoms with Gasteiger partial charge in [-0.25, -0.2) is 0 Å². The zero-order valence-corrected chi connectivity index (χ0v) is 9.38. The number of benzene rings is 2. The third-order valence-corrected chi connectivity index (χ3v) is 2.48. The minimum absolute atomic E-state index is 0.203. The molecule has 0 heterocycles. The van der Waals surface area contributed by atoms with Crippen molar-refractivity contribution < 1.29 is 5.11 Å². The first-order valence-corrected chi connectivity index (χ1v) is 5.41. The van der Waals surface area contributed by atoms with Gasteiger partial charge >= 0.3 is 0 Å². The quantitative estimate of drug-likeness (QED) is 0.790. The van der Waals surface area contributed by atoms with Crippen LogP contribution in [-0.2, 0) is 6.54 Å². The summed E-state index contributed by atoms with van der Waals surface area (Å²) in [5.41, 5.74) is 7.78. The van der Waals surface area contributed by atoms with Gasteiger partial charge in [-0.3, -0.25) is 4.99 Å². The molecule has 0 saturated heterocycles. The normalized spacial score (nSPS) is 10.9. The van der Waals surface area contributed by atoms with Crippen LogP contribution in [-0.4, -0.2) is 11.3 Å². The molecule has 0 saturated carbocycles. The lowest BCUT2D eigenvalue weighted by Gasteiger charge is -2.03. The summed E-state index contributed by atoms with van der Waals surface area (Å²) in [5, 5.41) is 9.90. The van der Waals surface area contributed by atoms with Gasteiger partial charge in [-0.15, -0.1) is 0 Å². The third kappa shape index (κ3) is 2.71. The summed E-state index contributed by atoms with van der Waals surface area (Å²) < 4.78 is 0. The maximum absolute atomic E-state index is 9.90. The highest BCUT2D eigenvalue weighted by molar-refractivity contribution is 5.85. The van der Waals surface area contributed by atoms with Crippen molar-refractivity contribution in [1.82, 2.24) is 0 Å². The number of phenolic OH excluding ortho intramolecular Hbond substituents is 1. The van der Waals surface area contributed by atoms with Crippen molar-refractivity contribution in [2.45, 2.75) is 6.54 Å². The molecule has 0 fully saturated rings. The van der Waals surface area contributed by atoms with E-state index in [1.165, 1.54) is 0 Å². The van der Waals surface area contributed by atoms with Gasteiger partial charge in [0.2, 0.25) is 0 Å². The first-order chi connectivity index (χ1) is 8.31. The summed E-state index contributed by atoms with van der Waals surface area (Å²) in [5.74, 6) is 0.203. The molecule has 0 unspecified atom stereocenters. The van der Waals surface area contributed by atoms with Crippen LogP contribution in [0.5, 0.6) is 5.75 Å². The van der Waals surface area contributed by atoms with Crippen LogP contribution in [0.15, 0.2) is 53.5 Å². The van der Waals surface area contributed by atoms with E-state index in [0.29, 0.717) is 12.1 Å². The Bertz CT molecular complexity index is 521. The maximum Gasteiger partial charge on any atom is 0.128 e. The molecule has 0 aliphatic heterocycles. The molecule has 0 aliphatic carbocycles. The Labute approximate surface area is 100 Å². The Kier molecular flexibility index (Phi) is 3.52. The summed E-state index contributed by atoms with van der Waals surface area (Å²) >= 11 is 0. The Morgan fingerprint density at radius 3 is 2.53 bits per heavy atom. The molecule has 0 aliphatic rings. The standard InChI is InChI=1S/C14H14N2O/c15-9-11-5-4-6-12(14(11)17)10-16-13-7-2-1-3-8-13/h1-8,10,17H,9,15H2/b16-10+. The Morgan fingerprint density at radius 1 is 1.06 bits per heavy atom. The number of hydrogen-bond donors (Lipinski definition) is 2. The highest BCUT2D eigenvalue weighted by atomic mass is 16.3. The largest absolute Gasteiger partial charge is 0.507 e. The number of nitrogens with two attached hydrogens (primary N) is 1. The fraction of sp³-hybridized carbons (Fsp3) is 0.0714. The van der Waals surface area contributed by atoms with Gasteiger partial charge in [0.25, 0.3) is 0 Å². The summed E-state index contributed by atoms with van der Waals surface area (Å²) in [4.78, 5) is 4.29. The van der Waals surface area contributed by atoms with E-state index in [9.17, 15) is 5.11 Å². The topological polar surface area (TPSA) is 58.6 Å². The molecule has 0 atom stereocenters. The van der Waals surface area contributed by atoms with E-state index < -0.39 is 0 Å². The van der Waals surface area contributed by atoms with E-state index in [1.54, 1.807) is 18.3 Å². The number of aromatic hydroxyl groups is 1. The second-order valence-electron chi connectivity index (χ2n) is 3.65. The van der Waals surface area contributed by atoms with Crippen LogP contribution < -0.4 is 5.73 Å². The molecule has 17 heavy (non-hydrogen) atoms. The van der Waals surface area contributed by atoms with Crippen LogP contribution in [0.4, 0.5) is 5.69 Å². The molecular weight excluding hydrogens is 212 g/mol. The van der Waals surface area contributed by atoms with Crippen molar-refractivity contribution in [3.63, 3.8) is 0 Å². The monoisotopic (exact) mass is 226 g/mol. The molecule has 3 heteroatoms. The highest BCUT2D eigenvalue weighted by Crippen LogP contribution is 2.21. The fourth-order valence-corrected chi connectivity index (χ4v) is 1.54. The van der Waals surface area contributed by atoms with Gasteiger partial charge in [-0.2, -0.15) is 0 Å². The van der Waals surface area contributed by atoms with Crippen LogP contribution in [0.25, 0.3) is 0 Å². The number of aliphatic imine (C=N–C) groups is 1. The molecule has 2 rings (SSSR count). The van der Waals surface area contributed by atoms with Crippen LogP contribution in [0, 0.1) is 0 Å². The average molecular weight is 226 g/mol. The number of hydrogen-bond acceptors (Lipinski definition) is 3. The van der Waals surface area contributed by atoms with Crippen molar-refractivity contribution in [1.29, 1.82) is 0 Å². The van der Waals surface area contributed by atoms with E-state index in [-0.39, 0.29) is 5.75 Å². The lowest BCUT2D eigenvalue weighted by atomic mass is 10.1. The van der Waals surface area contributed by atoms with E-state index in [4.69, 9.17) is 5.73 Å². The first-order valence-electron chi connectivity index (χ1n) is 5.41. The first kappa shape index (κ1) is 11.4. The van der Waals surface area contributed by atoms with Crippen LogP contribution in [0.2, 0.25) is 0 Å². The van der Waals surface area contributed by atoms with Gasteiger partial charge in [0.05, 0.1) is 5.69 Å². The van der Waals surface area contributed by atoms with Crippen LogP contribution >= 0.6 is 0 Å². The summed E-state index contributed by atoms with van der Waals surface area (Å²) in [7, 11) is 0. The second kappa shape index (κ2) is 5.27. The smallest absolute Gasteiger partial charge is 0.128 e. The predicted octanol–water partition coefficient (Wildman–Crippen LogP) is 2.60. The molecule has 2 aromatic rings. The molecule has 3 N–H and O–H groups in total. The zero-order chi connectivity index (χ0) is 12.1. The van der Waals surface area contributed by atoms with Crippen LogP contribution in [0.1, 0.15) is 11.1 Å². The molecule has 2 aromatic carbocycles. The molecular formula is C14H14N2O. The number of phenols is 1. The Hall–Kier alpha value is -2.13. The van der Waals surface area contributed by atoms with Gasteiger partial charge < -0.3 is 10.8 Å². The zero-order valence-electron chi connectivity index (χ0n) is 9.38. The van der Waals surface area contributed by atoms with Crippen molar-refractivity contribution >= 4 is 11.9 Å². The van der Waals surface area contributed by atoms with Crippen LogP contribution in [0.3, 0.4) is 0 Å². The summed E-state index contributed by atoms with van der Waals surface area (Å²) in [6, 6.07) is 15.0. The molecule has 0 radical (unpaired) electrons. The Morgan fingerprint density at radius 2 is 1.82 bits per heavy atom. The van der Waals surface area contributed by atoms with Crippen molar-refractivity contribution in [2.24, 2.45) is 10.7 Å². The van der Waals surface area contributed by atoms with Crippen molar-refractivity contribution in [3.8, 4) is 5.75 Å². The van der Waals surface area contributed by atoms with Gasteiger partial charge in [0, 0.05) is 23.9 Å². The van der Waals surface area contributed by atoms with Gasteiger partial charge in [-0.05, 0) is 18.2 Å².